The Balaban J connectivity index is 2.57. The van der Waals surface area contributed by atoms with Gasteiger partial charge in [0.2, 0.25) is 0 Å². The van der Waals surface area contributed by atoms with E-state index in [-0.39, 0.29) is 11.8 Å². The summed E-state index contributed by atoms with van der Waals surface area (Å²) in [5.74, 6) is 0.207. The standard InChI is InChI=1S/C13H19NO3/c1-9(10-5-7-11(15)8-6-10)14-12(16)17-13(2,3)4/h5-9,15H,1-4H3,(H,14,16)/t9-/m0/s1. The molecule has 0 spiro atoms. The van der Waals surface area contributed by atoms with Crippen LogP contribution in [0, 0.1) is 0 Å². The topological polar surface area (TPSA) is 58.6 Å². The number of carbonyl (C=O) groups excluding carboxylic acids is 1. The molecule has 0 fully saturated rings. The third-order valence-corrected chi connectivity index (χ3v) is 2.13. The number of amides is 1. The summed E-state index contributed by atoms with van der Waals surface area (Å²) in [6, 6.07) is 6.53. The number of alkyl carbamates (subject to hydrolysis) is 1. The quantitative estimate of drug-likeness (QED) is 0.831. The summed E-state index contributed by atoms with van der Waals surface area (Å²) in [5.41, 5.74) is 0.410. The molecule has 0 aliphatic rings. The van der Waals surface area contributed by atoms with E-state index in [1.54, 1.807) is 24.3 Å². The van der Waals surface area contributed by atoms with Crippen molar-refractivity contribution in [2.75, 3.05) is 0 Å². The molecule has 1 rings (SSSR count). The van der Waals surface area contributed by atoms with E-state index in [2.05, 4.69) is 5.32 Å². The molecule has 94 valence electrons. The highest BCUT2D eigenvalue weighted by Gasteiger charge is 2.18. The lowest BCUT2D eigenvalue weighted by molar-refractivity contribution is 0.0508. The summed E-state index contributed by atoms with van der Waals surface area (Å²) in [7, 11) is 0. The van der Waals surface area contributed by atoms with E-state index in [0.717, 1.165) is 5.56 Å². The smallest absolute Gasteiger partial charge is 0.408 e. The number of rotatable bonds is 2. The van der Waals surface area contributed by atoms with Crippen LogP contribution in [-0.2, 0) is 4.74 Å². The average Bonchev–Trinajstić information content (AvgIpc) is 2.15. The highest BCUT2D eigenvalue weighted by molar-refractivity contribution is 5.68. The molecule has 17 heavy (non-hydrogen) atoms. The minimum absolute atomic E-state index is 0.162. The Morgan fingerprint density at radius 2 is 1.82 bits per heavy atom. The molecular formula is C13H19NO3. The van der Waals surface area contributed by atoms with Crippen LogP contribution in [0.2, 0.25) is 0 Å². The summed E-state index contributed by atoms with van der Waals surface area (Å²) < 4.78 is 5.15. The Morgan fingerprint density at radius 1 is 1.29 bits per heavy atom. The molecule has 4 nitrogen and oxygen atoms in total. The first-order valence-electron chi connectivity index (χ1n) is 5.56. The van der Waals surface area contributed by atoms with E-state index in [0.29, 0.717) is 0 Å². The normalized spacial score (nSPS) is 12.9. The molecule has 1 aromatic rings. The fraction of sp³-hybridized carbons (Fsp3) is 0.462. The van der Waals surface area contributed by atoms with E-state index in [9.17, 15) is 4.79 Å². The molecule has 0 saturated carbocycles. The third-order valence-electron chi connectivity index (χ3n) is 2.13. The van der Waals surface area contributed by atoms with Gasteiger partial charge >= 0.3 is 6.09 Å². The Bertz CT molecular complexity index is 379. The van der Waals surface area contributed by atoms with Gasteiger partial charge in [0.25, 0.3) is 0 Å². The van der Waals surface area contributed by atoms with Gasteiger partial charge in [-0.15, -0.1) is 0 Å². The summed E-state index contributed by atoms with van der Waals surface area (Å²) in [4.78, 5) is 11.5. The molecule has 0 bridgehead atoms. The van der Waals surface area contributed by atoms with Gasteiger partial charge in [0.05, 0.1) is 6.04 Å². The second-order valence-corrected chi connectivity index (χ2v) is 4.96. The van der Waals surface area contributed by atoms with Crippen molar-refractivity contribution in [1.29, 1.82) is 0 Å². The maximum atomic E-state index is 11.5. The van der Waals surface area contributed by atoms with Gasteiger partial charge in [0, 0.05) is 0 Å². The minimum atomic E-state index is -0.501. The van der Waals surface area contributed by atoms with Crippen molar-refractivity contribution in [1.82, 2.24) is 5.32 Å². The fourth-order valence-electron chi connectivity index (χ4n) is 1.33. The highest BCUT2D eigenvalue weighted by atomic mass is 16.6. The van der Waals surface area contributed by atoms with E-state index in [1.165, 1.54) is 0 Å². The Labute approximate surface area is 102 Å². The van der Waals surface area contributed by atoms with Crippen LogP contribution in [0.3, 0.4) is 0 Å². The SMILES string of the molecule is C[C@H](NC(=O)OC(C)(C)C)c1ccc(O)cc1. The predicted octanol–water partition coefficient (Wildman–Crippen LogP) is 2.98. The molecule has 0 aromatic heterocycles. The van der Waals surface area contributed by atoms with Crippen molar-refractivity contribution in [2.45, 2.75) is 39.3 Å². The van der Waals surface area contributed by atoms with E-state index >= 15 is 0 Å². The summed E-state index contributed by atoms with van der Waals surface area (Å²) >= 11 is 0. The lowest BCUT2D eigenvalue weighted by Gasteiger charge is -2.22. The van der Waals surface area contributed by atoms with Crippen LogP contribution in [0.15, 0.2) is 24.3 Å². The van der Waals surface area contributed by atoms with Crippen LogP contribution in [0.4, 0.5) is 4.79 Å². The van der Waals surface area contributed by atoms with Crippen LogP contribution < -0.4 is 5.32 Å². The van der Waals surface area contributed by atoms with Crippen LogP contribution in [0.1, 0.15) is 39.3 Å². The molecule has 1 amide bonds. The van der Waals surface area contributed by atoms with Gasteiger partial charge in [-0.2, -0.15) is 0 Å². The van der Waals surface area contributed by atoms with Crippen molar-refractivity contribution in [2.24, 2.45) is 0 Å². The molecule has 4 heteroatoms. The number of aromatic hydroxyl groups is 1. The maximum Gasteiger partial charge on any atom is 0.408 e. The van der Waals surface area contributed by atoms with E-state index in [4.69, 9.17) is 9.84 Å². The molecule has 0 radical (unpaired) electrons. The summed E-state index contributed by atoms with van der Waals surface area (Å²) in [6.45, 7) is 7.31. The second kappa shape index (κ2) is 5.08. The molecule has 1 atom stereocenters. The summed E-state index contributed by atoms with van der Waals surface area (Å²) in [6.07, 6.45) is -0.446. The van der Waals surface area contributed by atoms with Gasteiger partial charge < -0.3 is 15.2 Å². The maximum absolute atomic E-state index is 11.5. The number of benzene rings is 1. The lowest BCUT2D eigenvalue weighted by Crippen LogP contribution is -2.33. The monoisotopic (exact) mass is 237 g/mol. The largest absolute Gasteiger partial charge is 0.508 e. The second-order valence-electron chi connectivity index (χ2n) is 4.96. The van der Waals surface area contributed by atoms with Crippen LogP contribution in [0.5, 0.6) is 5.75 Å². The number of nitrogens with one attached hydrogen (secondary N) is 1. The minimum Gasteiger partial charge on any atom is -0.508 e. The molecule has 0 aliphatic heterocycles. The number of carbonyl (C=O) groups is 1. The van der Waals surface area contributed by atoms with Crippen molar-refractivity contribution < 1.29 is 14.6 Å². The van der Waals surface area contributed by atoms with Gasteiger partial charge in [0.1, 0.15) is 11.4 Å². The number of ether oxygens (including phenoxy) is 1. The van der Waals surface area contributed by atoms with Gasteiger partial charge in [-0.25, -0.2) is 4.79 Å². The number of phenolic OH excluding ortho intramolecular Hbond substituents is 1. The Morgan fingerprint density at radius 3 is 2.29 bits per heavy atom. The van der Waals surface area contributed by atoms with Gasteiger partial charge in [-0.3, -0.25) is 0 Å². The van der Waals surface area contributed by atoms with E-state index in [1.807, 2.05) is 27.7 Å². The predicted molar refractivity (Wildman–Crippen MR) is 65.9 cm³/mol. The Kier molecular flexibility index (Phi) is 3.99. The van der Waals surface area contributed by atoms with Crippen LogP contribution >= 0.6 is 0 Å². The average molecular weight is 237 g/mol. The first kappa shape index (κ1) is 13.4. The molecule has 0 heterocycles. The first-order chi connectivity index (χ1) is 7.78. The molecule has 1 aromatic carbocycles. The van der Waals surface area contributed by atoms with E-state index < -0.39 is 11.7 Å². The number of hydrogen-bond acceptors (Lipinski definition) is 3. The molecule has 0 saturated heterocycles. The van der Waals surface area contributed by atoms with Gasteiger partial charge in [-0.1, -0.05) is 12.1 Å². The van der Waals surface area contributed by atoms with Crippen molar-refractivity contribution in [3.8, 4) is 5.75 Å². The number of hydrogen-bond donors (Lipinski definition) is 2. The first-order valence-corrected chi connectivity index (χ1v) is 5.56. The zero-order chi connectivity index (χ0) is 13.1. The van der Waals surface area contributed by atoms with Crippen LogP contribution in [0.25, 0.3) is 0 Å². The summed E-state index contributed by atoms with van der Waals surface area (Å²) in [5, 5.41) is 11.9. The lowest BCUT2D eigenvalue weighted by atomic mass is 10.1. The number of phenols is 1. The Hall–Kier alpha value is -1.71. The fourth-order valence-corrected chi connectivity index (χ4v) is 1.33. The van der Waals surface area contributed by atoms with Gasteiger partial charge in [-0.05, 0) is 45.4 Å². The zero-order valence-electron chi connectivity index (χ0n) is 10.7. The van der Waals surface area contributed by atoms with Crippen LogP contribution in [-0.4, -0.2) is 16.8 Å². The molecule has 0 aliphatic carbocycles. The van der Waals surface area contributed by atoms with Crippen molar-refractivity contribution >= 4 is 6.09 Å². The molecule has 0 unspecified atom stereocenters. The van der Waals surface area contributed by atoms with Crippen molar-refractivity contribution in [3.05, 3.63) is 29.8 Å². The third kappa shape index (κ3) is 4.76. The molecule has 2 N–H and O–H groups in total. The molecular weight excluding hydrogens is 218 g/mol. The zero-order valence-corrected chi connectivity index (χ0v) is 10.7. The van der Waals surface area contributed by atoms with Crippen molar-refractivity contribution in [3.63, 3.8) is 0 Å². The van der Waals surface area contributed by atoms with Gasteiger partial charge in [0.15, 0.2) is 0 Å². The highest BCUT2D eigenvalue weighted by Crippen LogP contribution is 2.17.